The molecule has 2 aromatic rings. The van der Waals surface area contributed by atoms with Crippen molar-refractivity contribution in [3.63, 3.8) is 0 Å². The summed E-state index contributed by atoms with van der Waals surface area (Å²) in [7, 11) is 1.37. The highest BCUT2D eigenvalue weighted by Crippen LogP contribution is 2.23. The molecule has 0 spiro atoms. The SMILES string of the molecule is COC(=O)c1ccc(Nc2cc(N3CCCC3)nc(C)n2)cc1. The van der Waals surface area contributed by atoms with E-state index >= 15 is 0 Å². The molecule has 2 heterocycles. The highest BCUT2D eigenvalue weighted by Gasteiger charge is 2.15. The van der Waals surface area contributed by atoms with Gasteiger partial charge < -0.3 is 15.0 Å². The lowest BCUT2D eigenvalue weighted by molar-refractivity contribution is 0.0601. The molecule has 0 bridgehead atoms. The van der Waals surface area contributed by atoms with Gasteiger partial charge in [0.2, 0.25) is 0 Å². The maximum absolute atomic E-state index is 11.5. The Labute approximate surface area is 135 Å². The Hall–Kier alpha value is -2.63. The van der Waals surface area contributed by atoms with Crippen LogP contribution in [0.5, 0.6) is 0 Å². The minimum absolute atomic E-state index is 0.342. The lowest BCUT2D eigenvalue weighted by Gasteiger charge is -2.17. The van der Waals surface area contributed by atoms with Crippen LogP contribution in [0.2, 0.25) is 0 Å². The van der Waals surface area contributed by atoms with Crippen molar-refractivity contribution in [1.29, 1.82) is 0 Å². The molecule has 0 atom stereocenters. The molecule has 0 aliphatic carbocycles. The zero-order valence-electron chi connectivity index (χ0n) is 13.4. The maximum atomic E-state index is 11.5. The number of carbonyl (C=O) groups excluding carboxylic acids is 1. The van der Waals surface area contributed by atoms with Gasteiger partial charge in [-0.1, -0.05) is 0 Å². The molecular formula is C17H20N4O2. The first kappa shape index (κ1) is 15.3. The Morgan fingerprint density at radius 2 is 1.87 bits per heavy atom. The Balaban J connectivity index is 1.78. The molecule has 1 fully saturated rings. The molecule has 1 aromatic heterocycles. The average molecular weight is 312 g/mol. The molecule has 0 saturated carbocycles. The minimum atomic E-state index is -0.342. The largest absolute Gasteiger partial charge is 0.465 e. The number of anilines is 3. The third-order valence-electron chi connectivity index (χ3n) is 3.83. The molecule has 6 nitrogen and oxygen atoms in total. The second-order valence-corrected chi connectivity index (χ2v) is 5.55. The maximum Gasteiger partial charge on any atom is 0.337 e. The van der Waals surface area contributed by atoms with Crippen LogP contribution >= 0.6 is 0 Å². The van der Waals surface area contributed by atoms with E-state index in [-0.39, 0.29) is 5.97 Å². The summed E-state index contributed by atoms with van der Waals surface area (Å²) in [5.41, 5.74) is 1.39. The summed E-state index contributed by atoms with van der Waals surface area (Å²) < 4.78 is 4.70. The van der Waals surface area contributed by atoms with Gasteiger partial charge in [-0.2, -0.15) is 0 Å². The molecule has 3 rings (SSSR count). The number of methoxy groups -OCH3 is 1. The molecule has 0 amide bonds. The molecule has 1 aliphatic rings. The number of benzene rings is 1. The molecule has 0 unspecified atom stereocenters. The Kier molecular flexibility index (Phi) is 4.41. The Morgan fingerprint density at radius 3 is 2.52 bits per heavy atom. The molecule has 1 aliphatic heterocycles. The van der Waals surface area contributed by atoms with E-state index in [4.69, 9.17) is 4.74 Å². The van der Waals surface area contributed by atoms with Gasteiger partial charge in [-0.15, -0.1) is 0 Å². The number of hydrogen-bond acceptors (Lipinski definition) is 6. The molecule has 23 heavy (non-hydrogen) atoms. The number of nitrogens with zero attached hydrogens (tertiary/aromatic N) is 3. The summed E-state index contributed by atoms with van der Waals surface area (Å²) >= 11 is 0. The van der Waals surface area contributed by atoms with Gasteiger partial charge in [0.05, 0.1) is 12.7 Å². The van der Waals surface area contributed by atoms with Crippen LogP contribution in [-0.4, -0.2) is 36.1 Å². The number of rotatable bonds is 4. The summed E-state index contributed by atoms with van der Waals surface area (Å²) in [5, 5.41) is 3.26. The predicted octanol–water partition coefficient (Wildman–Crippen LogP) is 2.92. The lowest BCUT2D eigenvalue weighted by atomic mass is 10.2. The highest BCUT2D eigenvalue weighted by molar-refractivity contribution is 5.89. The fraction of sp³-hybridized carbons (Fsp3) is 0.353. The van der Waals surface area contributed by atoms with Crippen molar-refractivity contribution >= 4 is 23.3 Å². The minimum Gasteiger partial charge on any atom is -0.465 e. The quantitative estimate of drug-likeness (QED) is 0.876. The van der Waals surface area contributed by atoms with E-state index in [1.54, 1.807) is 12.1 Å². The van der Waals surface area contributed by atoms with Crippen molar-refractivity contribution < 1.29 is 9.53 Å². The van der Waals surface area contributed by atoms with E-state index in [1.165, 1.54) is 20.0 Å². The Bertz CT molecular complexity index is 694. The molecule has 1 saturated heterocycles. The average Bonchev–Trinajstić information content (AvgIpc) is 3.09. The van der Waals surface area contributed by atoms with Gasteiger partial charge in [0.1, 0.15) is 17.5 Å². The van der Waals surface area contributed by atoms with Crippen LogP contribution in [-0.2, 0) is 4.74 Å². The summed E-state index contributed by atoms with van der Waals surface area (Å²) in [4.78, 5) is 22.7. The molecule has 6 heteroatoms. The number of carbonyl (C=O) groups is 1. The first-order chi connectivity index (χ1) is 11.2. The summed E-state index contributed by atoms with van der Waals surface area (Å²) in [6.07, 6.45) is 2.42. The Morgan fingerprint density at radius 1 is 1.17 bits per heavy atom. The van der Waals surface area contributed by atoms with Crippen molar-refractivity contribution in [3.05, 3.63) is 41.7 Å². The van der Waals surface area contributed by atoms with Crippen molar-refractivity contribution in [2.45, 2.75) is 19.8 Å². The monoisotopic (exact) mass is 312 g/mol. The van der Waals surface area contributed by atoms with Gasteiger partial charge >= 0.3 is 5.97 Å². The van der Waals surface area contributed by atoms with Gasteiger partial charge in [-0.25, -0.2) is 14.8 Å². The van der Waals surface area contributed by atoms with E-state index < -0.39 is 0 Å². The third-order valence-corrected chi connectivity index (χ3v) is 3.83. The highest BCUT2D eigenvalue weighted by atomic mass is 16.5. The van der Waals surface area contributed by atoms with E-state index in [0.717, 1.165) is 36.2 Å². The number of aryl methyl sites for hydroxylation is 1. The van der Waals surface area contributed by atoms with Gasteiger partial charge in [-0.3, -0.25) is 0 Å². The van der Waals surface area contributed by atoms with E-state index in [0.29, 0.717) is 5.56 Å². The predicted molar refractivity (Wildman–Crippen MR) is 89.3 cm³/mol. The van der Waals surface area contributed by atoms with Crippen LogP contribution in [0.15, 0.2) is 30.3 Å². The fourth-order valence-electron chi connectivity index (χ4n) is 2.68. The van der Waals surface area contributed by atoms with E-state index in [1.807, 2.05) is 25.1 Å². The zero-order valence-corrected chi connectivity index (χ0v) is 13.4. The zero-order chi connectivity index (χ0) is 16.2. The normalized spacial score (nSPS) is 13.9. The third kappa shape index (κ3) is 3.59. The van der Waals surface area contributed by atoms with Crippen LogP contribution in [0.4, 0.5) is 17.3 Å². The first-order valence-corrected chi connectivity index (χ1v) is 7.72. The van der Waals surface area contributed by atoms with Gasteiger partial charge in [-0.05, 0) is 44.0 Å². The van der Waals surface area contributed by atoms with Crippen LogP contribution in [0.1, 0.15) is 29.0 Å². The summed E-state index contributed by atoms with van der Waals surface area (Å²) in [6.45, 7) is 3.98. The smallest absolute Gasteiger partial charge is 0.337 e. The van der Waals surface area contributed by atoms with Crippen LogP contribution in [0.25, 0.3) is 0 Å². The van der Waals surface area contributed by atoms with E-state index in [2.05, 4.69) is 20.2 Å². The van der Waals surface area contributed by atoms with Crippen LogP contribution in [0, 0.1) is 6.92 Å². The van der Waals surface area contributed by atoms with Crippen LogP contribution in [0.3, 0.4) is 0 Å². The van der Waals surface area contributed by atoms with Crippen molar-refractivity contribution in [2.24, 2.45) is 0 Å². The van der Waals surface area contributed by atoms with Crippen molar-refractivity contribution in [1.82, 2.24) is 9.97 Å². The van der Waals surface area contributed by atoms with Crippen molar-refractivity contribution in [3.8, 4) is 0 Å². The van der Waals surface area contributed by atoms with Gasteiger partial charge in [0, 0.05) is 24.8 Å². The number of ether oxygens (including phenoxy) is 1. The molecule has 0 radical (unpaired) electrons. The molecule has 1 N–H and O–H groups in total. The van der Waals surface area contributed by atoms with Gasteiger partial charge in [0.25, 0.3) is 0 Å². The summed E-state index contributed by atoms with van der Waals surface area (Å²) in [5.74, 6) is 2.11. The second-order valence-electron chi connectivity index (χ2n) is 5.55. The summed E-state index contributed by atoms with van der Waals surface area (Å²) in [6, 6.07) is 9.08. The second kappa shape index (κ2) is 6.64. The first-order valence-electron chi connectivity index (χ1n) is 7.72. The molecular weight excluding hydrogens is 292 g/mol. The number of hydrogen-bond donors (Lipinski definition) is 1. The fourth-order valence-corrected chi connectivity index (χ4v) is 2.68. The topological polar surface area (TPSA) is 67.3 Å². The molecule has 1 aromatic carbocycles. The molecule has 120 valence electrons. The number of nitrogens with one attached hydrogen (secondary N) is 1. The lowest BCUT2D eigenvalue weighted by Crippen LogP contribution is -2.19. The van der Waals surface area contributed by atoms with Crippen LogP contribution < -0.4 is 10.2 Å². The van der Waals surface area contributed by atoms with Gasteiger partial charge in [0.15, 0.2) is 0 Å². The standard InChI is InChI=1S/C17H20N4O2/c1-12-18-15(11-16(19-12)21-9-3-4-10-21)20-14-7-5-13(6-8-14)17(22)23-2/h5-8,11H,3-4,9-10H2,1-2H3,(H,18,19,20). The van der Waals surface area contributed by atoms with E-state index in [9.17, 15) is 4.79 Å². The van der Waals surface area contributed by atoms with Crippen molar-refractivity contribution in [2.75, 3.05) is 30.4 Å². The number of esters is 1. The number of aromatic nitrogens is 2.